The summed E-state index contributed by atoms with van der Waals surface area (Å²) in [6.07, 6.45) is 5.79. The number of carbonyl (C=O) groups is 2. The molecule has 5 nitrogen and oxygen atoms in total. The molecule has 3 aromatic rings. The van der Waals surface area contributed by atoms with Gasteiger partial charge in [0.1, 0.15) is 11.8 Å². The van der Waals surface area contributed by atoms with Gasteiger partial charge < -0.3 is 15.0 Å². The molecule has 0 spiro atoms. The van der Waals surface area contributed by atoms with E-state index in [0.717, 1.165) is 42.4 Å². The first kappa shape index (κ1) is 28.7. The van der Waals surface area contributed by atoms with E-state index in [9.17, 15) is 9.59 Å². The fourth-order valence-electron chi connectivity index (χ4n) is 5.24. The summed E-state index contributed by atoms with van der Waals surface area (Å²) in [5, 5.41) is 3.86. The van der Waals surface area contributed by atoms with E-state index in [0.29, 0.717) is 17.2 Å². The first-order chi connectivity index (χ1) is 18.9. The molecule has 1 saturated carbocycles. The number of nitrogens with one attached hydrogen (secondary N) is 1. The van der Waals surface area contributed by atoms with Crippen LogP contribution in [-0.4, -0.2) is 35.4 Å². The van der Waals surface area contributed by atoms with Crippen LogP contribution in [0.1, 0.15) is 68.6 Å². The Morgan fingerprint density at radius 1 is 0.923 bits per heavy atom. The van der Waals surface area contributed by atoms with Crippen molar-refractivity contribution in [3.05, 3.63) is 101 Å². The smallest absolute Gasteiger partial charge is 0.261 e. The van der Waals surface area contributed by atoms with Crippen molar-refractivity contribution in [2.75, 3.05) is 6.61 Å². The van der Waals surface area contributed by atoms with Gasteiger partial charge in [0.25, 0.3) is 5.91 Å². The van der Waals surface area contributed by atoms with Gasteiger partial charge >= 0.3 is 0 Å². The minimum atomic E-state index is -0.690. The second-order valence-electron chi connectivity index (χ2n) is 10.7. The summed E-state index contributed by atoms with van der Waals surface area (Å²) in [6.45, 7) is 4.29. The zero-order chi connectivity index (χ0) is 27.6. The summed E-state index contributed by atoms with van der Waals surface area (Å²) in [6, 6.07) is 24.6. The maximum absolute atomic E-state index is 13.9. The quantitative estimate of drug-likeness (QED) is 0.283. The molecular weight excluding hydrogens is 508 g/mol. The predicted octanol–water partition coefficient (Wildman–Crippen LogP) is 6.93. The molecule has 3 aromatic carbocycles. The molecule has 1 aliphatic carbocycles. The number of hydrogen-bond acceptors (Lipinski definition) is 3. The van der Waals surface area contributed by atoms with E-state index < -0.39 is 6.04 Å². The minimum absolute atomic E-state index is 0.122. The van der Waals surface area contributed by atoms with Gasteiger partial charge in [-0.25, -0.2) is 0 Å². The fourth-order valence-corrected chi connectivity index (χ4v) is 5.45. The average molecular weight is 547 g/mol. The first-order valence-corrected chi connectivity index (χ1v) is 14.4. The summed E-state index contributed by atoms with van der Waals surface area (Å²) < 4.78 is 6.08. The largest absolute Gasteiger partial charge is 0.483 e. The van der Waals surface area contributed by atoms with Crippen molar-refractivity contribution in [1.29, 1.82) is 0 Å². The van der Waals surface area contributed by atoms with E-state index in [1.807, 2.05) is 72.8 Å². The van der Waals surface area contributed by atoms with Gasteiger partial charge in [-0.05, 0) is 53.6 Å². The third-order valence-electron chi connectivity index (χ3n) is 7.36. The Bertz CT molecular complexity index is 1220. The third-order valence-corrected chi connectivity index (χ3v) is 7.59. The lowest BCUT2D eigenvalue weighted by Gasteiger charge is -2.33. The molecule has 206 valence electrons. The lowest BCUT2D eigenvalue weighted by atomic mass is 9.94. The maximum Gasteiger partial charge on any atom is 0.261 e. The number of hydrogen-bond donors (Lipinski definition) is 1. The molecule has 0 heterocycles. The molecule has 1 N–H and O–H groups in total. The Hall–Kier alpha value is -3.31. The molecule has 4 rings (SSSR count). The van der Waals surface area contributed by atoms with Gasteiger partial charge in [0.05, 0.1) is 0 Å². The van der Waals surface area contributed by atoms with Crippen LogP contribution in [0.25, 0.3) is 0 Å². The fraction of sp³-hybridized carbons (Fsp3) is 0.394. The van der Waals surface area contributed by atoms with Crippen LogP contribution in [-0.2, 0) is 22.6 Å². The van der Waals surface area contributed by atoms with E-state index in [4.69, 9.17) is 16.3 Å². The van der Waals surface area contributed by atoms with E-state index >= 15 is 0 Å². The second kappa shape index (κ2) is 14.2. The van der Waals surface area contributed by atoms with E-state index in [1.54, 1.807) is 11.0 Å². The lowest BCUT2D eigenvalue weighted by Crippen LogP contribution is -2.53. The Labute approximate surface area is 237 Å². The molecule has 0 aromatic heterocycles. The number of ether oxygens (including phenoxy) is 1. The highest BCUT2D eigenvalue weighted by Crippen LogP contribution is 2.26. The Morgan fingerprint density at radius 3 is 2.33 bits per heavy atom. The highest BCUT2D eigenvalue weighted by molar-refractivity contribution is 6.30. The average Bonchev–Trinajstić information content (AvgIpc) is 2.95. The van der Waals surface area contributed by atoms with Crippen molar-refractivity contribution < 1.29 is 14.3 Å². The standard InChI is InChI=1S/C33H39ClN2O3/c1-24(2)29-18-9-10-19-31(29)39-23-32(37)36(22-26-14-11-15-27(34)20-26)30(21-25-12-5-3-6-13-25)33(38)35-28-16-7-4-8-17-28/h3,5-6,9-15,18-20,24,28,30H,4,7-8,16-17,21-23H2,1-2H3,(H,35,38)/t30-/m0/s1. The molecule has 0 radical (unpaired) electrons. The van der Waals surface area contributed by atoms with Gasteiger partial charge in [-0.1, -0.05) is 105 Å². The molecular formula is C33H39ClN2O3. The van der Waals surface area contributed by atoms with E-state index in [-0.39, 0.29) is 36.9 Å². The first-order valence-electron chi connectivity index (χ1n) is 14.0. The number of rotatable bonds is 11. The van der Waals surface area contributed by atoms with Crippen LogP contribution < -0.4 is 10.1 Å². The van der Waals surface area contributed by atoms with Gasteiger partial charge in [-0.3, -0.25) is 9.59 Å². The van der Waals surface area contributed by atoms with E-state index in [2.05, 4.69) is 19.2 Å². The number of halogens is 1. The molecule has 2 amide bonds. The van der Waals surface area contributed by atoms with Crippen molar-refractivity contribution in [2.24, 2.45) is 0 Å². The highest BCUT2D eigenvalue weighted by atomic mass is 35.5. The van der Waals surface area contributed by atoms with Crippen molar-refractivity contribution >= 4 is 23.4 Å². The minimum Gasteiger partial charge on any atom is -0.483 e. The second-order valence-corrected chi connectivity index (χ2v) is 11.1. The number of para-hydroxylation sites is 1. The van der Waals surface area contributed by atoms with Gasteiger partial charge in [-0.15, -0.1) is 0 Å². The summed E-state index contributed by atoms with van der Waals surface area (Å²) in [7, 11) is 0. The van der Waals surface area contributed by atoms with Crippen LogP contribution >= 0.6 is 11.6 Å². The molecule has 1 aliphatic rings. The summed E-state index contributed by atoms with van der Waals surface area (Å²) >= 11 is 6.29. The molecule has 0 aliphatic heterocycles. The topological polar surface area (TPSA) is 58.6 Å². The Kier molecular flexibility index (Phi) is 10.4. The molecule has 0 bridgehead atoms. The molecule has 1 atom stereocenters. The lowest BCUT2D eigenvalue weighted by molar-refractivity contribution is -0.143. The van der Waals surface area contributed by atoms with Crippen molar-refractivity contribution in [2.45, 2.75) is 76.9 Å². The van der Waals surface area contributed by atoms with Crippen LogP contribution in [0.4, 0.5) is 0 Å². The van der Waals surface area contributed by atoms with Crippen LogP contribution in [0, 0.1) is 0 Å². The van der Waals surface area contributed by atoms with Crippen molar-refractivity contribution in [1.82, 2.24) is 10.2 Å². The number of carbonyl (C=O) groups excluding carboxylic acids is 2. The van der Waals surface area contributed by atoms with Crippen LogP contribution in [0.3, 0.4) is 0 Å². The van der Waals surface area contributed by atoms with Gasteiger partial charge in [-0.2, -0.15) is 0 Å². The van der Waals surface area contributed by atoms with Crippen LogP contribution in [0.2, 0.25) is 5.02 Å². The van der Waals surface area contributed by atoms with Crippen molar-refractivity contribution in [3.63, 3.8) is 0 Å². The Balaban J connectivity index is 1.63. The number of benzene rings is 3. The molecule has 39 heavy (non-hydrogen) atoms. The predicted molar refractivity (Wildman–Crippen MR) is 157 cm³/mol. The van der Waals surface area contributed by atoms with Gasteiger partial charge in [0.2, 0.25) is 5.91 Å². The molecule has 6 heteroatoms. The van der Waals surface area contributed by atoms with Gasteiger partial charge in [0.15, 0.2) is 6.61 Å². The SMILES string of the molecule is CC(C)c1ccccc1OCC(=O)N(Cc1cccc(Cl)c1)[C@@H](Cc1ccccc1)C(=O)NC1CCCCC1. The van der Waals surface area contributed by atoms with Gasteiger partial charge in [0, 0.05) is 24.0 Å². The molecule has 1 fully saturated rings. The zero-order valence-corrected chi connectivity index (χ0v) is 23.7. The monoisotopic (exact) mass is 546 g/mol. The van der Waals surface area contributed by atoms with Crippen LogP contribution in [0.15, 0.2) is 78.9 Å². The summed E-state index contributed by atoms with van der Waals surface area (Å²) in [4.78, 5) is 29.4. The summed E-state index contributed by atoms with van der Waals surface area (Å²) in [5.41, 5.74) is 2.90. The number of nitrogens with zero attached hydrogens (tertiary/aromatic N) is 1. The maximum atomic E-state index is 13.9. The van der Waals surface area contributed by atoms with E-state index in [1.165, 1.54) is 6.42 Å². The zero-order valence-electron chi connectivity index (χ0n) is 22.9. The van der Waals surface area contributed by atoms with Crippen molar-refractivity contribution in [3.8, 4) is 5.75 Å². The normalized spacial score (nSPS) is 14.6. The summed E-state index contributed by atoms with van der Waals surface area (Å²) in [5.74, 6) is 0.581. The third kappa shape index (κ3) is 8.34. The molecule has 0 saturated heterocycles. The van der Waals surface area contributed by atoms with Crippen LogP contribution in [0.5, 0.6) is 5.75 Å². The Morgan fingerprint density at radius 2 is 1.62 bits per heavy atom. The number of amides is 2. The molecule has 0 unspecified atom stereocenters. The highest BCUT2D eigenvalue weighted by Gasteiger charge is 2.32.